The molecule has 3 rings (SSSR count). The van der Waals surface area contributed by atoms with Crippen LogP contribution < -0.4 is 4.90 Å². The lowest BCUT2D eigenvalue weighted by Crippen LogP contribution is -2.29. The van der Waals surface area contributed by atoms with Crippen LogP contribution >= 0.6 is 0 Å². The molecule has 2 nitrogen and oxygen atoms in total. The van der Waals surface area contributed by atoms with Crippen LogP contribution in [0.1, 0.15) is 31.2 Å². The lowest BCUT2D eigenvalue weighted by Gasteiger charge is -2.28. The third kappa shape index (κ3) is 3.98. The molecule has 112 valence electrons. The van der Waals surface area contributed by atoms with Crippen LogP contribution in [-0.4, -0.2) is 38.1 Å². The molecule has 0 atom stereocenters. The van der Waals surface area contributed by atoms with Crippen LogP contribution in [0.5, 0.6) is 0 Å². The molecule has 0 N–H and O–H groups in total. The van der Waals surface area contributed by atoms with E-state index in [2.05, 4.69) is 59.3 Å². The summed E-state index contributed by atoms with van der Waals surface area (Å²) in [6, 6.07) is 9.04. The molecule has 0 spiro atoms. The largest absolute Gasteiger partial charge is 0.372 e. The topological polar surface area (TPSA) is 6.48 Å². The Labute approximate surface area is 128 Å². The van der Waals surface area contributed by atoms with Gasteiger partial charge in [-0.1, -0.05) is 30.4 Å². The van der Waals surface area contributed by atoms with Gasteiger partial charge in [-0.25, -0.2) is 0 Å². The molecule has 0 aromatic heterocycles. The summed E-state index contributed by atoms with van der Waals surface area (Å²) in [6.45, 7) is 4.68. The Morgan fingerprint density at radius 1 is 0.905 bits per heavy atom. The molecular formula is C19H26N2. The second-order valence-corrected chi connectivity index (χ2v) is 6.26. The fraction of sp³-hybridized carbons (Fsp3) is 0.474. The van der Waals surface area contributed by atoms with Crippen molar-refractivity contribution >= 4 is 11.8 Å². The Hall–Kier alpha value is -1.54. The molecule has 0 saturated carbocycles. The van der Waals surface area contributed by atoms with Gasteiger partial charge < -0.3 is 9.80 Å². The van der Waals surface area contributed by atoms with Crippen LogP contribution in [-0.2, 0) is 0 Å². The number of likely N-dealkylation sites (N-methyl/N-ethyl adjacent to an activating group) is 1. The van der Waals surface area contributed by atoms with Crippen molar-refractivity contribution in [1.29, 1.82) is 0 Å². The maximum absolute atomic E-state index is 2.51. The van der Waals surface area contributed by atoms with Crippen molar-refractivity contribution in [3.05, 3.63) is 47.6 Å². The molecule has 0 amide bonds. The lowest BCUT2D eigenvalue weighted by molar-refractivity contribution is 0.361. The fourth-order valence-corrected chi connectivity index (χ4v) is 3.09. The second-order valence-electron chi connectivity index (χ2n) is 6.26. The van der Waals surface area contributed by atoms with E-state index in [1.165, 1.54) is 62.1 Å². The zero-order valence-corrected chi connectivity index (χ0v) is 13.1. The van der Waals surface area contributed by atoms with Crippen molar-refractivity contribution in [2.45, 2.75) is 25.7 Å². The molecule has 1 aromatic rings. The average molecular weight is 282 g/mol. The number of nitrogens with zero attached hydrogens (tertiary/aromatic N) is 2. The van der Waals surface area contributed by atoms with Crippen LogP contribution in [0, 0.1) is 0 Å². The monoisotopic (exact) mass is 282 g/mol. The molecule has 1 fully saturated rings. The molecule has 0 aliphatic carbocycles. The molecular weight excluding hydrogens is 256 g/mol. The molecule has 1 saturated heterocycles. The van der Waals surface area contributed by atoms with Gasteiger partial charge in [-0.3, -0.25) is 0 Å². The maximum Gasteiger partial charge on any atom is 0.0366 e. The summed E-state index contributed by atoms with van der Waals surface area (Å²) in [7, 11) is 2.18. The first-order chi connectivity index (χ1) is 10.3. The van der Waals surface area contributed by atoms with E-state index >= 15 is 0 Å². The molecule has 0 radical (unpaired) electrons. The number of hydrogen-bond donors (Lipinski definition) is 0. The molecule has 0 bridgehead atoms. The van der Waals surface area contributed by atoms with Gasteiger partial charge in [0.1, 0.15) is 0 Å². The van der Waals surface area contributed by atoms with Crippen LogP contribution in [0.4, 0.5) is 5.69 Å². The second kappa shape index (κ2) is 6.95. The first-order valence-electron chi connectivity index (χ1n) is 8.22. The number of piperidine rings is 1. The normalized spacial score (nSPS) is 20.8. The first-order valence-corrected chi connectivity index (χ1v) is 8.22. The Kier molecular flexibility index (Phi) is 4.76. The van der Waals surface area contributed by atoms with E-state index < -0.39 is 0 Å². The number of rotatable bonds is 3. The van der Waals surface area contributed by atoms with E-state index in [-0.39, 0.29) is 0 Å². The number of hydrogen-bond acceptors (Lipinski definition) is 2. The van der Waals surface area contributed by atoms with E-state index in [0.29, 0.717) is 0 Å². The van der Waals surface area contributed by atoms with Crippen molar-refractivity contribution in [2.24, 2.45) is 0 Å². The van der Waals surface area contributed by atoms with Crippen molar-refractivity contribution in [1.82, 2.24) is 4.90 Å². The van der Waals surface area contributed by atoms with Gasteiger partial charge in [-0.2, -0.15) is 0 Å². The smallest absolute Gasteiger partial charge is 0.0366 e. The van der Waals surface area contributed by atoms with Crippen molar-refractivity contribution in [2.75, 3.05) is 38.1 Å². The zero-order valence-electron chi connectivity index (χ0n) is 13.1. The zero-order chi connectivity index (χ0) is 14.5. The highest BCUT2D eigenvalue weighted by Gasteiger charge is 2.10. The summed E-state index contributed by atoms with van der Waals surface area (Å²) in [5.74, 6) is 0. The van der Waals surface area contributed by atoms with Gasteiger partial charge in [0.05, 0.1) is 0 Å². The Balaban J connectivity index is 1.61. The van der Waals surface area contributed by atoms with Gasteiger partial charge in [-0.15, -0.1) is 0 Å². The minimum Gasteiger partial charge on any atom is -0.372 e. The third-order valence-corrected chi connectivity index (χ3v) is 4.55. The standard InChI is InChI=1S/C19H26N2/c1-20-15-11-18(12-16-20)6-5-17-7-9-19(10-8-17)21-13-3-2-4-14-21/h5-11H,2-4,12-16H2,1H3/b6-5+. The third-order valence-electron chi connectivity index (χ3n) is 4.55. The van der Waals surface area contributed by atoms with Crippen LogP contribution in [0.15, 0.2) is 42.0 Å². The predicted molar refractivity (Wildman–Crippen MR) is 91.7 cm³/mol. The molecule has 2 aliphatic rings. The van der Waals surface area contributed by atoms with Crippen molar-refractivity contribution in [3.8, 4) is 0 Å². The molecule has 21 heavy (non-hydrogen) atoms. The van der Waals surface area contributed by atoms with E-state index in [4.69, 9.17) is 0 Å². The van der Waals surface area contributed by atoms with Crippen LogP contribution in [0.25, 0.3) is 6.08 Å². The molecule has 2 heterocycles. The quantitative estimate of drug-likeness (QED) is 0.828. The first kappa shape index (κ1) is 14.4. The Morgan fingerprint density at radius 2 is 1.67 bits per heavy atom. The fourth-order valence-electron chi connectivity index (χ4n) is 3.09. The molecule has 1 aromatic carbocycles. The SMILES string of the molecule is CN1CC=C(/C=C/c2ccc(N3CCCCC3)cc2)CC1. The molecule has 2 aliphatic heterocycles. The summed E-state index contributed by atoms with van der Waals surface area (Å²) in [6.07, 6.45) is 12.1. The highest BCUT2D eigenvalue weighted by atomic mass is 15.1. The minimum atomic E-state index is 1.08. The highest BCUT2D eigenvalue weighted by Crippen LogP contribution is 2.21. The Morgan fingerprint density at radius 3 is 2.33 bits per heavy atom. The molecule has 2 heteroatoms. The predicted octanol–water partition coefficient (Wildman–Crippen LogP) is 3.95. The summed E-state index contributed by atoms with van der Waals surface area (Å²) in [5, 5.41) is 0. The van der Waals surface area contributed by atoms with E-state index in [0.717, 1.165) is 6.54 Å². The van der Waals surface area contributed by atoms with Gasteiger partial charge in [0.15, 0.2) is 0 Å². The van der Waals surface area contributed by atoms with Crippen molar-refractivity contribution in [3.63, 3.8) is 0 Å². The van der Waals surface area contributed by atoms with E-state index in [1.54, 1.807) is 0 Å². The summed E-state index contributed by atoms with van der Waals surface area (Å²) in [4.78, 5) is 4.86. The van der Waals surface area contributed by atoms with Gasteiger partial charge in [0.25, 0.3) is 0 Å². The van der Waals surface area contributed by atoms with Crippen LogP contribution in [0.3, 0.4) is 0 Å². The maximum atomic E-state index is 2.51. The van der Waals surface area contributed by atoms with Gasteiger partial charge in [0.2, 0.25) is 0 Å². The minimum absolute atomic E-state index is 1.08. The van der Waals surface area contributed by atoms with Gasteiger partial charge in [-0.05, 0) is 56.0 Å². The van der Waals surface area contributed by atoms with Crippen LogP contribution in [0.2, 0.25) is 0 Å². The van der Waals surface area contributed by atoms with Gasteiger partial charge in [0, 0.05) is 31.9 Å². The Bertz CT molecular complexity index is 507. The van der Waals surface area contributed by atoms with E-state index in [9.17, 15) is 0 Å². The summed E-state index contributed by atoms with van der Waals surface area (Å²) >= 11 is 0. The highest BCUT2D eigenvalue weighted by molar-refractivity contribution is 5.58. The lowest BCUT2D eigenvalue weighted by atomic mass is 10.1. The summed E-state index contributed by atoms with van der Waals surface area (Å²) < 4.78 is 0. The number of anilines is 1. The average Bonchev–Trinajstić information content (AvgIpc) is 2.56. The summed E-state index contributed by atoms with van der Waals surface area (Å²) in [5.41, 5.74) is 4.15. The molecule has 0 unspecified atom stereocenters. The number of allylic oxidation sites excluding steroid dienone is 1. The van der Waals surface area contributed by atoms with Crippen molar-refractivity contribution < 1.29 is 0 Å². The van der Waals surface area contributed by atoms with E-state index in [1.807, 2.05) is 0 Å². The van der Waals surface area contributed by atoms with Gasteiger partial charge >= 0.3 is 0 Å². The number of benzene rings is 1.